The van der Waals surface area contributed by atoms with Gasteiger partial charge in [-0.3, -0.25) is 0 Å². The molecule has 1 aromatic heterocycles. The number of ether oxygens (including phenoxy) is 1. The average molecular weight is 195 g/mol. The van der Waals surface area contributed by atoms with Crippen molar-refractivity contribution in [3.8, 4) is 0 Å². The number of imidazole rings is 1. The second-order valence-corrected chi connectivity index (χ2v) is 3.79. The molecule has 0 aliphatic carbocycles. The van der Waals surface area contributed by atoms with Crippen LogP contribution in [0, 0.1) is 0 Å². The Hall–Kier alpha value is -0.870. The molecule has 1 aromatic rings. The van der Waals surface area contributed by atoms with Gasteiger partial charge in [0.2, 0.25) is 0 Å². The highest BCUT2D eigenvalue weighted by atomic mass is 16.5. The van der Waals surface area contributed by atoms with E-state index in [1.165, 1.54) is 6.42 Å². The van der Waals surface area contributed by atoms with E-state index in [2.05, 4.69) is 16.5 Å². The molecule has 78 valence electrons. The van der Waals surface area contributed by atoms with Crippen molar-refractivity contribution >= 4 is 0 Å². The molecule has 0 radical (unpaired) electrons. The summed E-state index contributed by atoms with van der Waals surface area (Å²) < 4.78 is 7.77. The Morgan fingerprint density at radius 1 is 1.79 bits per heavy atom. The van der Waals surface area contributed by atoms with Crippen molar-refractivity contribution in [2.45, 2.75) is 38.5 Å². The van der Waals surface area contributed by atoms with Crippen LogP contribution in [0.15, 0.2) is 12.5 Å². The summed E-state index contributed by atoms with van der Waals surface area (Å²) in [4.78, 5) is 4.11. The number of nitrogens with zero attached hydrogens (tertiary/aromatic N) is 2. The van der Waals surface area contributed by atoms with Crippen LogP contribution in [0.2, 0.25) is 0 Å². The first kappa shape index (κ1) is 9.68. The Morgan fingerprint density at radius 2 is 2.64 bits per heavy atom. The van der Waals surface area contributed by atoms with Crippen molar-refractivity contribution in [2.24, 2.45) is 5.73 Å². The van der Waals surface area contributed by atoms with Gasteiger partial charge in [-0.1, -0.05) is 0 Å². The van der Waals surface area contributed by atoms with Crippen molar-refractivity contribution in [1.82, 2.24) is 9.55 Å². The highest BCUT2D eigenvalue weighted by molar-refractivity contribution is 5.00. The molecule has 1 aliphatic heterocycles. The predicted molar refractivity (Wildman–Crippen MR) is 53.8 cm³/mol. The van der Waals surface area contributed by atoms with Crippen LogP contribution < -0.4 is 5.73 Å². The van der Waals surface area contributed by atoms with E-state index in [1.807, 2.05) is 12.5 Å². The zero-order valence-corrected chi connectivity index (χ0v) is 8.52. The van der Waals surface area contributed by atoms with E-state index in [0.717, 1.165) is 18.7 Å². The summed E-state index contributed by atoms with van der Waals surface area (Å²) in [6.45, 7) is 3.59. The summed E-state index contributed by atoms with van der Waals surface area (Å²) in [7, 11) is 0. The minimum atomic E-state index is 0.328. The molecule has 2 N–H and O–H groups in total. The van der Waals surface area contributed by atoms with Gasteiger partial charge in [0, 0.05) is 19.3 Å². The Bertz CT molecular complexity index is 291. The molecule has 1 fully saturated rings. The molecule has 0 bridgehead atoms. The fourth-order valence-electron chi connectivity index (χ4n) is 2.02. The van der Waals surface area contributed by atoms with Crippen LogP contribution in [-0.4, -0.2) is 22.3 Å². The first-order valence-electron chi connectivity index (χ1n) is 5.15. The van der Waals surface area contributed by atoms with E-state index in [9.17, 15) is 0 Å². The van der Waals surface area contributed by atoms with Gasteiger partial charge in [0.25, 0.3) is 0 Å². The van der Waals surface area contributed by atoms with E-state index in [0.29, 0.717) is 18.7 Å². The fourth-order valence-corrected chi connectivity index (χ4v) is 2.02. The Morgan fingerprint density at radius 3 is 3.29 bits per heavy atom. The topological polar surface area (TPSA) is 53.1 Å². The standard InChI is InChI=1S/C10H17N3O/c1-8(10-3-2-4-14-10)13-7-12-6-9(13)5-11/h6-8,10H,2-5,11H2,1H3. The molecule has 14 heavy (non-hydrogen) atoms. The van der Waals surface area contributed by atoms with Gasteiger partial charge in [0.1, 0.15) is 0 Å². The monoisotopic (exact) mass is 195 g/mol. The van der Waals surface area contributed by atoms with Crippen molar-refractivity contribution in [2.75, 3.05) is 6.61 Å². The zero-order chi connectivity index (χ0) is 9.97. The molecule has 2 rings (SSSR count). The molecule has 0 saturated carbocycles. The number of hydrogen-bond acceptors (Lipinski definition) is 3. The second kappa shape index (κ2) is 4.11. The van der Waals surface area contributed by atoms with E-state index in [1.54, 1.807) is 0 Å². The summed E-state index contributed by atoms with van der Waals surface area (Å²) in [5, 5.41) is 0. The average Bonchev–Trinajstić information content (AvgIpc) is 2.87. The zero-order valence-electron chi connectivity index (χ0n) is 8.52. The maximum absolute atomic E-state index is 5.65. The third-order valence-electron chi connectivity index (χ3n) is 2.90. The van der Waals surface area contributed by atoms with Gasteiger partial charge >= 0.3 is 0 Å². The maximum Gasteiger partial charge on any atom is 0.0952 e. The van der Waals surface area contributed by atoms with Crippen LogP contribution in [0.1, 0.15) is 31.5 Å². The molecule has 0 spiro atoms. The van der Waals surface area contributed by atoms with Gasteiger partial charge in [-0.05, 0) is 19.8 Å². The Kier molecular flexibility index (Phi) is 2.84. The van der Waals surface area contributed by atoms with E-state index in [4.69, 9.17) is 10.5 Å². The molecular formula is C10H17N3O. The van der Waals surface area contributed by atoms with Gasteiger partial charge < -0.3 is 15.0 Å². The first-order valence-corrected chi connectivity index (χ1v) is 5.15. The van der Waals surface area contributed by atoms with Gasteiger partial charge in [-0.2, -0.15) is 0 Å². The third-order valence-corrected chi connectivity index (χ3v) is 2.90. The lowest BCUT2D eigenvalue weighted by molar-refractivity contribution is 0.0724. The summed E-state index contributed by atoms with van der Waals surface area (Å²) in [5.74, 6) is 0. The summed E-state index contributed by atoms with van der Waals surface area (Å²) >= 11 is 0. The molecule has 2 unspecified atom stereocenters. The summed E-state index contributed by atoms with van der Waals surface area (Å²) in [6, 6.07) is 0.346. The quantitative estimate of drug-likeness (QED) is 0.785. The van der Waals surface area contributed by atoms with Crippen LogP contribution in [0.3, 0.4) is 0 Å². The van der Waals surface area contributed by atoms with Crippen LogP contribution in [0.5, 0.6) is 0 Å². The lowest BCUT2D eigenvalue weighted by atomic mass is 10.1. The van der Waals surface area contributed by atoms with Crippen molar-refractivity contribution < 1.29 is 4.74 Å². The van der Waals surface area contributed by atoms with E-state index in [-0.39, 0.29) is 0 Å². The predicted octanol–water partition coefficient (Wildman–Crippen LogP) is 1.08. The Balaban J connectivity index is 2.12. The maximum atomic E-state index is 5.65. The highest BCUT2D eigenvalue weighted by Crippen LogP contribution is 2.24. The van der Waals surface area contributed by atoms with Crippen molar-refractivity contribution in [1.29, 1.82) is 0 Å². The van der Waals surface area contributed by atoms with E-state index >= 15 is 0 Å². The van der Waals surface area contributed by atoms with Crippen molar-refractivity contribution in [3.05, 3.63) is 18.2 Å². The number of nitrogens with two attached hydrogens (primary N) is 1. The van der Waals surface area contributed by atoms with Gasteiger partial charge in [0.15, 0.2) is 0 Å². The minimum Gasteiger partial charge on any atom is -0.376 e. The lowest BCUT2D eigenvalue weighted by Gasteiger charge is -2.21. The van der Waals surface area contributed by atoms with Crippen LogP contribution in [-0.2, 0) is 11.3 Å². The number of aromatic nitrogens is 2. The van der Waals surface area contributed by atoms with Crippen LogP contribution >= 0.6 is 0 Å². The third kappa shape index (κ3) is 1.67. The smallest absolute Gasteiger partial charge is 0.0952 e. The molecular weight excluding hydrogens is 178 g/mol. The molecule has 4 nitrogen and oxygen atoms in total. The SMILES string of the molecule is CC(C1CCCO1)n1cncc1CN. The normalized spacial score (nSPS) is 24.0. The summed E-state index contributed by atoms with van der Waals surface area (Å²) in [5.41, 5.74) is 6.71. The molecule has 0 aromatic carbocycles. The molecule has 4 heteroatoms. The number of rotatable bonds is 3. The van der Waals surface area contributed by atoms with Crippen LogP contribution in [0.25, 0.3) is 0 Å². The van der Waals surface area contributed by atoms with Gasteiger partial charge in [0.05, 0.1) is 24.2 Å². The van der Waals surface area contributed by atoms with E-state index < -0.39 is 0 Å². The highest BCUT2D eigenvalue weighted by Gasteiger charge is 2.24. The molecule has 1 saturated heterocycles. The fraction of sp³-hybridized carbons (Fsp3) is 0.700. The Labute approximate surface area is 84.1 Å². The minimum absolute atomic E-state index is 0.328. The summed E-state index contributed by atoms with van der Waals surface area (Å²) in [6.07, 6.45) is 6.31. The second-order valence-electron chi connectivity index (χ2n) is 3.79. The van der Waals surface area contributed by atoms with Gasteiger partial charge in [-0.25, -0.2) is 4.98 Å². The van der Waals surface area contributed by atoms with Gasteiger partial charge in [-0.15, -0.1) is 0 Å². The molecule has 2 heterocycles. The van der Waals surface area contributed by atoms with Crippen molar-refractivity contribution in [3.63, 3.8) is 0 Å². The molecule has 1 aliphatic rings. The first-order chi connectivity index (χ1) is 6.83. The largest absolute Gasteiger partial charge is 0.376 e. The molecule has 0 amide bonds. The molecule has 2 atom stereocenters. The van der Waals surface area contributed by atoms with Crippen LogP contribution in [0.4, 0.5) is 0 Å². The lowest BCUT2D eigenvalue weighted by Crippen LogP contribution is -2.22. The number of hydrogen-bond donors (Lipinski definition) is 1.